The minimum atomic E-state index is -0.0147. The summed E-state index contributed by atoms with van der Waals surface area (Å²) in [6.07, 6.45) is 1.65. The molecular weight excluding hydrogens is 300 g/mol. The van der Waals surface area contributed by atoms with Crippen molar-refractivity contribution in [3.05, 3.63) is 51.9 Å². The first-order chi connectivity index (χ1) is 10.5. The quantitative estimate of drug-likeness (QED) is 0.727. The maximum absolute atomic E-state index is 11.7. The van der Waals surface area contributed by atoms with Gasteiger partial charge in [0.25, 0.3) is 0 Å². The van der Waals surface area contributed by atoms with E-state index >= 15 is 0 Å². The predicted octanol–water partition coefficient (Wildman–Crippen LogP) is 2.66. The number of anilines is 2. The second kappa shape index (κ2) is 5.61. The number of hydrogen-bond acceptors (Lipinski definition) is 6. The Bertz CT molecular complexity index is 868. The number of thiazole rings is 1. The summed E-state index contributed by atoms with van der Waals surface area (Å²) in [5, 5.41) is 12.4. The summed E-state index contributed by atoms with van der Waals surface area (Å²) in [7, 11) is 1.74. The molecule has 0 fully saturated rings. The van der Waals surface area contributed by atoms with Crippen molar-refractivity contribution in [1.29, 1.82) is 0 Å². The highest BCUT2D eigenvalue weighted by Crippen LogP contribution is 2.25. The Kier molecular flexibility index (Phi) is 3.64. The van der Waals surface area contributed by atoms with Gasteiger partial charge in [0.05, 0.1) is 10.6 Å². The molecule has 2 aromatic heterocycles. The Hall–Kier alpha value is -2.67. The zero-order valence-corrected chi connectivity index (χ0v) is 12.9. The standard InChI is InChI=1S/C15H14N4O2S/c1-9-13(22-15(21)19(9)2)12-7-8-16-14(18-12)17-10-3-5-11(20)6-4-10/h3-8,20H,1-2H3,(H,16,17,18). The number of aromatic nitrogens is 3. The topological polar surface area (TPSA) is 80.0 Å². The van der Waals surface area contributed by atoms with Crippen LogP contribution in [-0.4, -0.2) is 19.6 Å². The summed E-state index contributed by atoms with van der Waals surface area (Å²) in [4.78, 5) is 21.2. The van der Waals surface area contributed by atoms with Crippen molar-refractivity contribution < 1.29 is 5.11 Å². The zero-order chi connectivity index (χ0) is 15.7. The monoisotopic (exact) mass is 314 g/mol. The minimum Gasteiger partial charge on any atom is -0.508 e. The molecule has 2 heterocycles. The van der Waals surface area contributed by atoms with Crippen LogP contribution >= 0.6 is 11.3 Å². The van der Waals surface area contributed by atoms with Crippen LogP contribution in [-0.2, 0) is 7.05 Å². The van der Waals surface area contributed by atoms with E-state index < -0.39 is 0 Å². The number of benzene rings is 1. The van der Waals surface area contributed by atoms with Gasteiger partial charge in [0.1, 0.15) is 5.75 Å². The van der Waals surface area contributed by atoms with E-state index in [1.54, 1.807) is 48.1 Å². The SMILES string of the molecule is Cc1c(-c2ccnc(Nc3ccc(O)cc3)n2)sc(=O)n1C. The van der Waals surface area contributed by atoms with Crippen LogP contribution in [0, 0.1) is 6.92 Å². The highest BCUT2D eigenvalue weighted by molar-refractivity contribution is 7.13. The third-order valence-electron chi connectivity index (χ3n) is 3.31. The lowest BCUT2D eigenvalue weighted by Crippen LogP contribution is -2.08. The van der Waals surface area contributed by atoms with Gasteiger partial charge >= 0.3 is 4.87 Å². The van der Waals surface area contributed by atoms with E-state index in [1.165, 1.54) is 11.3 Å². The van der Waals surface area contributed by atoms with E-state index in [0.29, 0.717) is 11.6 Å². The van der Waals surface area contributed by atoms with Crippen molar-refractivity contribution in [3.8, 4) is 16.3 Å². The Balaban J connectivity index is 1.94. The van der Waals surface area contributed by atoms with E-state index in [1.807, 2.05) is 6.92 Å². The van der Waals surface area contributed by atoms with Crippen LogP contribution < -0.4 is 10.2 Å². The van der Waals surface area contributed by atoms with Crippen LogP contribution in [0.5, 0.6) is 5.75 Å². The molecule has 1 aromatic carbocycles. The minimum absolute atomic E-state index is 0.0147. The molecule has 0 aliphatic carbocycles. The summed E-state index contributed by atoms with van der Waals surface area (Å²) in [5.74, 6) is 0.635. The van der Waals surface area contributed by atoms with Crippen LogP contribution in [0.15, 0.2) is 41.3 Å². The first-order valence-corrected chi connectivity index (χ1v) is 7.42. The first-order valence-electron chi connectivity index (χ1n) is 6.60. The Morgan fingerprint density at radius 2 is 1.95 bits per heavy atom. The van der Waals surface area contributed by atoms with Crippen molar-refractivity contribution in [2.24, 2.45) is 7.05 Å². The molecule has 3 rings (SSSR count). The fraction of sp³-hybridized carbons (Fsp3) is 0.133. The molecule has 0 aliphatic heterocycles. The highest BCUT2D eigenvalue weighted by Gasteiger charge is 2.12. The molecule has 0 saturated heterocycles. The van der Waals surface area contributed by atoms with E-state index in [4.69, 9.17) is 0 Å². The normalized spacial score (nSPS) is 10.6. The zero-order valence-electron chi connectivity index (χ0n) is 12.1. The van der Waals surface area contributed by atoms with Gasteiger partial charge in [0.2, 0.25) is 5.95 Å². The van der Waals surface area contributed by atoms with Crippen LogP contribution in [0.3, 0.4) is 0 Å². The summed E-state index contributed by atoms with van der Waals surface area (Å²) in [6, 6.07) is 8.41. The molecule has 0 unspecified atom stereocenters. The maximum atomic E-state index is 11.7. The van der Waals surface area contributed by atoms with E-state index in [-0.39, 0.29) is 10.6 Å². The van der Waals surface area contributed by atoms with Gasteiger partial charge in [-0.1, -0.05) is 11.3 Å². The average Bonchev–Trinajstić information content (AvgIpc) is 2.78. The number of phenolic OH excluding ortho intramolecular Hbond substituents is 1. The van der Waals surface area contributed by atoms with Gasteiger partial charge in [-0.05, 0) is 37.3 Å². The molecule has 0 aliphatic rings. The van der Waals surface area contributed by atoms with Crippen LogP contribution in [0.4, 0.5) is 11.6 Å². The van der Waals surface area contributed by atoms with Gasteiger partial charge < -0.3 is 15.0 Å². The highest BCUT2D eigenvalue weighted by atomic mass is 32.1. The Labute approximate surface area is 130 Å². The molecule has 0 saturated carbocycles. The van der Waals surface area contributed by atoms with Gasteiger partial charge in [-0.15, -0.1) is 0 Å². The lowest BCUT2D eigenvalue weighted by Gasteiger charge is -2.06. The van der Waals surface area contributed by atoms with E-state index in [0.717, 1.165) is 16.3 Å². The van der Waals surface area contributed by atoms with Crippen molar-refractivity contribution in [2.75, 3.05) is 5.32 Å². The second-order valence-corrected chi connectivity index (χ2v) is 5.74. The second-order valence-electron chi connectivity index (χ2n) is 4.78. The Morgan fingerprint density at radius 1 is 1.23 bits per heavy atom. The third-order valence-corrected chi connectivity index (χ3v) is 4.46. The van der Waals surface area contributed by atoms with E-state index in [2.05, 4.69) is 15.3 Å². The van der Waals surface area contributed by atoms with Crippen LogP contribution in [0.2, 0.25) is 0 Å². The van der Waals surface area contributed by atoms with Crippen molar-refractivity contribution in [3.63, 3.8) is 0 Å². The largest absolute Gasteiger partial charge is 0.508 e. The number of phenols is 1. The summed E-state index contributed by atoms with van der Waals surface area (Å²) >= 11 is 1.17. The van der Waals surface area contributed by atoms with Gasteiger partial charge in [0, 0.05) is 24.6 Å². The molecule has 7 heteroatoms. The number of rotatable bonds is 3. The molecule has 22 heavy (non-hydrogen) atoms. The number of nitrogens with one attached hydrogen (secondary N) is 1. The van der Waals surface area contributed by atoms with E-state index in [9.17, 15) is 9.90 Å². The molecule has 112 valence electrons. The van der Waals surface area contributed by atoms with Crippen molar-refractivity contribution in [1.82, 2.24) is 14.5 Å². The average molecular weight is 314 g/mol. The summed E-state index contributed by atoms with van der Waals surface area (Å²) < 4.78 is 1.61. The lowest BCUT2D eigenvalue weighted by molar-refractivity contribution is 0.475. The van der Waals surface area contributed by atoms with Crippen LogP contribution in [0.25, 0.3) is 10.6 Å². The molecule has 6 nitrogen and oxygen atoms in total. The fourth-order valence-corrected chi connectivity index (χ4v) is 2.93. The van der Waals surface area contributed by atoms with Crippen molar-refractivity contribution in [2.45, 2.75) is 6.92 Å². The van der Waals surface area contributed by atoms with Gasteiger partial charge in [-0.2, -0.15) is 0 Å². The molecule has 0 bridgehead atoms. The van der Waals surface area contributed by atoms with Crippen LogP contribution in [0.1, 0.15) is 5.69 Å². The number of nitrogens with zero attached hydrogens (tertiary/aromatic N) is 3. The summed E-state index contributed by atoms with van der Waals surface area (Å²) in [6.45, 7) is 1.89. The molecule has 0 spiro atoms. The molecule has 3 aromatic rings. The molecule has 0 amide bonds. The lowest BCUT2D eigenvalue weighted by atomic mass is 10.3. The first kappa shape index (κ1) is 14.3. The molecule has 0 atom stereocenters. The van der Waals surface area contributed by atoms with Gasteiger partial charge in [0.15, 0.2) is 0 Å². The number of aromatic hydroxyl groups is 1. The van der Waals surface area contributed by atoms with Gasteiger partial charge in [-0.3, -0.25) is 4.79 Å². The smallest absolute Gasteiger partial charge is 0.307 e. The van der Waals surface area contributed by atoms with Crippen molar-refractivity contribution >= 4 is 23.0 Å². The number of hydrogen-bond donors (Lipinski definition) is 2. The molecule has 0 radical (unpaired) electrons. The molecule has 2 N–H and O–H groups in total. The Morgan fingerprint density at radius 3 is 2.59 bits per heavy atom. The third kappa shape index (κ3) is 2.71. The maximum Gasteiger partial charge on any atom is 0.307 e. The predicted molar refractivity (Wildman–Crippen MR) is 86.7 cm³/mol. The molecular formula is C15H14N4O2S. The van der Waals surface area contributed by atoms with Gasteiger partial charge in [-0.25, -0.2) is 9.97 Å². The summed E-state index contributed by atoms with van der Waals surface area (Å²) in [5.41, 5.74) is 2.36. The fourth-order valence-electron chi connectivity index (χ4n) is 1.98.